The Kier molecular flexibility index (Phi) is 3.86. The first-order chi connectivity index (χ1) is 7.75. The first kappa shape index (κ1) is 11.5. The Morgan fingerprint density at radius 2 is 2.31 bits per heavy atom. The summed E-state index contributed by atoms with van der Waals surface area (Å²) in [5.41, 5.74) is 0. The summed E-state index contributed by atoms with van der Waals surface area (Å²) in [5.74, 6) is 2.73. The van der Waals surface area contributed by atoms with Gasteiger partial charge in [-0.3, -0.25) is 0 Å². The predicted molar refractivity (Wildman–Crippen MR) is 67.5 cm³/mol. The second-order valence-electron chi connectivity index (χ2n) is 5.30. The van der Waals surface area contributed by atoms with E-state index in [9.17, 15) is 0 Å². The molecule has 1 aromatic heterocycles. The van der Waals surface area contributed by atoms with Crippen molar-refractivity contribution in [3.63, 3.8) is 0 Å². The Labute approximate surface area is 98.3 Å². The Hall–Kier alpha value is -0.990. The van der Waals surface area contributed by atoms with Gasteiger partial charge in [0, 0.05) is 25.5 Å². The lowest BCUT2D eigenvalue weighted by Gasteiger charge is -2.11. The molecule has 1 aliphatic rings. The van der Waals surface area contributed by atoms with E-state index in [-0.39, 0.29) is 0 Å². The highest BCUT2D eigenvalue weighted by molar-refractivity contribution is 5.25. The normalized spacial score (nSPS) is 15.7. The van der Waals surface area contributed by atoms with Crippen molar-refractivity contribution >= 4 is 5.95 Å². The second-order valence-corrected chi connectivity index (χ2v) is 5.30. The van der Waals surface area contributed by atoms with E-state index < -0.39 is 0 Å². The first-order valence-electron chi connectivity index (χ1n) is 6.50. The van der Waals surface area contributed by atoms with Crippen LogP contribution in [0.4, 0.5) is 5.95 Å². The van der Waals surface area contributed by atoms with E-state index in [1.807, 2.05) is 6.20 Å². The highest BCUT2D eigenvalue weighted by Crippen LogP contribution is 2.33. The molecule has 0 aliphatic heterocycles. The van der Waals surface area contributed by atoms with Crippen molar-refractivity contribution in [3.8, 4) is 0 Å². The van der Waals surface area contributed by atoms with Gasteiger partial charge in [0.05, 0.1) is 0 Å². The maximum atomic E-state index is 4.35. The lowest BCUT2D eigenvalue weighted by atomic mass is 10.2. The summed E-state index contributed by atoms with van der Waals surface area (Å²) in [7, 11) is 0. The van der Waals surface area contributed by atoms with E-state index in [1.165, 1.54) is 25.7 Å². The number of aryl methyl sites for hydroxylation is 1. The molecule has 1 fully saturated rings. The van der Waals surface area contributed by atoms with Crippen LogP contribution in [-0.2, 0) is 6.54 Å². The molecule has 0 amide bonds. The molecule has 16 heavy (non-hydrogen) atoms. The van der Waals surface area contributed by atoms with Crippen LogP contribution in [0.25, 0.3) is 0 Å². The maximum absolute atomic E-state index is 4.35. The topological polar surface area (TPSA) is 29.9 Å². The van der Waals surface area contributed by atoms with Crippen LogP contribution in [0, 0.1) is 11.8 Å². The summed E-state index contributed by atoms with van der Waals surface area (Å²) in [5, 5.41) is 3.40. The van der Waals surface area contributed by atoms with Gasteiger partial charge in [0.1, 0.15) is 0 Å². The van der Waals surface area contributed by atoms with Gasteiger partial charge in [0.25, 0.3) is 0 Å². The molecule has 0 atom stereocenters. The lowest BCUT2D eigenvalue weighted by molar-refractivity contribution is 0.577. The van der Waals surface area contributed by atoms with E-state index in [2.05, 4.69) is 34.9 Å². The second kappa shape index (κ2) is 5.37. The van der Waals surface area contributed by atoms with Crippen LogP contribution in [0.5, 0.6) is 0 Å². The van der Waals surface area contributed by atoms with Crippen LogP contribution >= 0.6 is 0 Å². The summed E-state index contributed by atoms with van der Waals surface area (Å²) in [4.78, 5) is 4.35. The molecule has 0 bridgehead atoms. The largest absolute Gasteiger partial charge is 0.355 e. The molecule has 1 aromatic rings. The highest BCUT2D eigenvalue weighted by Gasteiger charge is 2.20. The number of anilines is 1. The van der Waals surface area contributed by atoms with E-state index in [1.54, 1.807) is 0 Å². The van der Waals surface area contributed by atoms with Crippen molar-refractivity contribution in [2.45, 2.75) is 46.1 Å². The number of imidazole rings is 1. The maximum Gasteiger partial charge on any atom is 0.202 e. The van der Waals surface area contributed by atoms with Crippen LogP contribution in [0.1, 0.15) is 39.5 Å². The van der Waals surface area contributed by atoms with Gasteiger partial charge < -0.3 is 9.88 Å². The number of nitrogens with one attached hydrogen (secondary N) is 1. The van der Waals surface area contributed by atoms with Crippen molar-refractivity contribution in [1.82, 2.24) is 9.55 Å². The van der Waals surface area contributed by atoms with Crippen molar-refractivity contribution < 1.29 is 0 Å². The summed E-state index contributed by atoms with van der Waals surface area (Å²) >= 11 is 0. The molecule has 1 heterocycles. The van der Waals surface area contributed by atoms with Crippen molar-refractivity contribution in [3.05, 3.63) is 12.4 Å². The zero-order valence-corrected chi connectivity index (χ0v) is 10.4. The Morgan fingerprint density at radius 3 is 3.00 bits per heavy atom. The third-order valence-electron chi connectivity index (χ3n) is 3.09. The van der Waals surface area contributed by atoms with Crippen molar-refractivity contribution in [1.29, 1.82) is 0 Å². The summed E-state index contributed by atoms with van der Waals surface area (Å²) in [6.07, 6.45) is 9.57. The fraction of sp³-hybridized carbons (Fsp3) is 0.769. The van der Waals surface area contributed by atoms with E-state index >= 15 is 0 Å². The van der Waals surface area contributed by atoms with E-state index in [4.69, 9.17) is 0 Å². The molecule has 90 valence electrons. The molecule has 3 nitrogen and oxygen atoms in total. The van der Waals surface area contributed by atoms with Gasteiger partial charge in [-0.15, -0.1) is 0 Å². The van der Waals surface area contributed by atoms with Crippen molar-refractivity contribution in [2.75, 3.05) is 11.9 Å². The van der Waals surface area contributed by atoms with Gasteiger partial charge in [-0.25, -0.2) is 4.98 Å². The van der Waals surface area contributed by atoms with Crippen molar-refractivity contribution in [2.24, 2.45) is 11.8 Å². The molecule has 0 aromatic carbocycles. The van der Waals surface area contributed by atoms with Gasteiger partial charge in [0.15, 0.2) is 0 Å². The molecule has 2 rings (SSSR count). The third kappa shape index (κ3) is 3.54. The fourth-order valence-electron chi connectivity index (χ4n) is 1.91. The highest BCUT2D eigenvalue weighted by atomic mass is 15.2. The lowest BCUT2D eigenvalue weighted by Crippen LogP contribution is -2.12. The molecular formula is C13H23N3. The summed E-state index contributed by atoms with van der Waals surface area (Å²) in [6.45, 7) is 6.54. The summed E-state index contributed by atoms with van der Waals surface area (Å²) < 4.78 is 2.24. The van der Waals surface area contributed by atoms with Crippen LogP contribution in [0.3, 0.4) is 0 Å². The quantitative estimate of drug-likeness (QED) is 0.766. The minimum atomic E-state index is 0.664. The molecule has 1 N–H and O–H groups in total. The Morgan fingerprint density at radius 1 is 1.50 bits per heavy atom. The average molecular weight is 221 g/mol. The van der Waals surface area contributed by atoms with Gasteiger partial charge in [0.2, 0.25) is 5.95 Å². The molecule has 0 unspecified atom stereocenters. The number of hydrogen-bond donors (Lipinski definition) is 1. The molecule has 3 heteroatoms. The van der Waals surface area contributed by atoms with Gasteiger partial charge in [-0.05, 0) is 24.7 Å². The number of hydrogen-bond acceptors (Lipinski definition) is 2. The monoisotopic (exact) mass is 221 g/mol. The summed E-state index contributed by atoms with van der Waals surface area (Å²) in [6, 6.07) is 0. The molecule has 1 saturated carbocycles. The molecule has 0 radical (unpaired) electrons. The van der Waals surface area contributed by atoms with E-state index in [0.717, 1.165) is 25.0 Å². The number of aromatic nitrogens is 2. The minimum absolute atomic E-state index is 0.664. The molecule has 1 aliphatic carbocycles. The van der Waals surface area contributed by atoms with Crippen LogP contribution in [0.15, 0.2) is 12.4 Å². The van der Waals surface area contributed by atoms with Crippen LogP contribution in [-0.4, -0.2) is 16.1 Å². The Bertz CT molecular complexity index is 313. The SMILES string of the molecule is CC(C)CNc1nccn1CCCC1CC1. The Balaban J connectivity index is 1.75. The molecular weight excluding hydrogens is 198 g/mol. The minimum Gasteiger partial charge on any atom is -0.355 e. The van der Waals surface area contributed by atoms with Crippen LogP contribution < -0.4 is 5.32 Å². The van der Waals surface area contributed by atoms with Gasteiger partial charge in [-0.1, -0.05) is 26.7 Å². The third-order valence-corrected chi connectivity index (χ3v) is 3.09. The standard InChI is InChI=1S/C13H23N3/c1-11(2)10-15-13-14-7-9-16(13)8-3-4-12-5-6-12/h7,9,11-12H,3-6,8,10H2,1-2H3,(H,14,15). The molecule has 0 spiro atoms. The zero-order chi connectivity index (χ0) is 11.4. The van der Waals surface area contributed by atoms with Gasteiger partial charge in [-0.2, -0.15) is 0 Å². The smallest absolute Gasteiger partial charge is 0.202 e. The van der Waals surface area contributed by atoms with E-state index in [0.29, 0.717) is 5.92 Å². The van der Waals surface area contributed by atoms with Crippen LogP contribution in [0.2, 0.25) is 0 Å². The number of nitrogens with zero attached hydrogens (tertiary/aromatic N) is 2. The first-order valence-corrected chi connectivity index (χ1v) is 6.50. The zero-order valence-electron chi connectivity index (χ0n) is 10.4. The molecule has 0 saturated heterocycles. The average Bonchev–Trinajstić information content (AvgIpc) is 2.95. The fourth-order valence-corrected chi connectivity index (χ4v) is 1.91. The predicted octanol–water partition coefficient (Wildman–Crippen LogP) is 3.14. The van der Waals surface area contributed by atoms with Gasteiger partial charge >= 0.3 is 0 Å². The number of rotatable bonds is 7.